The Morgan fingerprint density at radius 2 is 1.63 bits per heavy atom. The van der Waals surface area contributed by atoms with Crippen molar-refractivity contribution < 1.29 is 27.8 Å². The van der Waals surface area contributed by atoms with Gasteiger partial charge in [0, 0.05) is 23.6 Å². The average Bonchev–Trinajstić information content (AvgIpc) is 2.92. The highest BCUT2D eigenvalue weighted by Gasteiger charge is 2.21. The molecular formula is C30H24O8. The molecule has 5 rings (SSSR count). The van der Waals surface area contributed by atoms with E-state index < -0.39 is 23.1 Å². The third kappa shape index (κ3) is 5.29. The van der Waals surface area contributed by atoms with Gasteiger partial charge in [-0.15, -0.1) is 0 Å². The van der Waals surface area contributed by atoms with Crippen molar-refractivity contribution in [3.63, 3.8) is 0 Å². The maximum Gasteiger partial charge on any atom is 0.347 e. The summed E-state index contributed by atoms with van der Waals surface area (Å²) in [4.78, 5) is 37.3. The number of carbonyl (C=O) groups excluding carboxylic acids is 1. The lowest BCUT2D eigenvalue weighted by Crippen LogP contribution is -2.28. The molecule has 0 spiro atoms. The van der Waals surface area contributed by atoms with E-state index in [2.05, 4.69) is 0 Å². The first-order chi connectivity index (χ1) is 18.4. The Morgan fingerprint density at radius 1 is 0.895 bits per heavy atom. The van der Waals surface area contributed by atoms with E-state index in [0.29, 0.717) is 23.5 Å². The van der Waals surface area contributed by atoms with E-state index in [0.717, 1.165) is 16.5 Å². The van der Waals surface area contributed by atoms with E-state index in [9.17, 15) is 14.4 Å². The third-order valence-electron chi connectivity index (χ3n) is 6.00. The fourth-order valence-corrected chi connectivity index (χ4v) is 4.01. The zero-order valence-electron chi connectivity index (χ0n) is 20.8. The predicted molar refractivity (Wildman–Crippen MR) is 141 cm³/mol. The number of rotatable bonds is 8. The third-order valence-corrected chi connectivity index (χ3v) is 6.00. The SMILES string of the molecule is CCC(Oc1ccc2c(=O)c(Oc3ccc4c(C)cc(=O)oc4c3)coc2c1)C(=O)OCc1ccccc1. The molecule has 0 aliphatic rings. The minimum Gasteiger partial charge on any atom is -0.479 e. The Bertz CT molecular complexity index is 1730. The van der Waals surface area contributed by atoms with Gasteiger partial charge in [0.05, 0.1) is 5.39 Å². The summed E-state index contributed by atoms with van der Waals surface area (Å²) in [5.74, 6) is 0.162. The van der Waals surface area contributed by atoms with E-state index in [1.54, 1.807) is 36.4 Å². The van der Waals surface area contributed by atoms with Gasteiger partial charge in [0.15, 0.2) is 6.10 Å². The van der Waals surface area contributed by atoms with E-state index in [4.69, 9.17) is 23.0 Å². The van der Waals surface area contributed by atoms with Crippen LogP contribution in [-0.4, -0.2) is 12.1 Å². The monoisotopic (exact) mass is 512 g/mol. The smallest absolute Gasteiger partial charge is 0.347 e. The van der Waals surface area contributed by atoms with Gasteiger partial charge >= 0.3 is 11.6 Å². The van der Waals surface area contributed by atoms with Gasteiger partial charge in [-0.05, 0) is 48.7 Å². The molecule has 2 heterocycles. The predicted octanol–water partition coefficient (Wildman–Crippen LogP) is 5.90. The zero-order chi connectivity index (χ0) is 26.6. The van der Waals surface area contributed by atoms with Gasteiger partial charge < -0.3 is 23.0 Å². The number of ether oxygens (including phenoxy) is 3. The molecule has 0 radical (unpaired) electrons. The lowest BCUT2D eigenvalue weighted by molar-refractivity contribution is -0.153. The first-order valence-corrected chi connectivity index (χ1v) is 12.1. The van der Waals surface area contributed by atoms with Crippen LogP contribution in [0.3, 0.4) is 0 Å². The summed E-state index contributed by atoms with van der Waals surface area (Å²) < 4.78 is 27.9. The van der Waals surface area contributed by atoms with E-state index in [1.807, 2.05) is 44.2 Å². The Kier molecular flexibility index (Phi) is 6.95. The molecule has 2 aromatic heterocycles. The standard InChI is InChI=1S/C30H24O8/c1-3-24(30(33)35-16-19-7-5-4-6-8-19)36-20-10-12-23-25(14-20)34-17-27(29(23)32)37-21-9-11-22-18(2)13-28(31)38-26(22)15-21/h4-15,17,24H,3,16H2,1-2H3. The van der Waals surface area contributed by atoms with Crippen LogP contribution in [0.15, 0.2) is 97.5 Å². The molecule has 0 amide bonds. The van der Waals surface area contributed by atoms with Gasteiger partial charge in [-0.1, -0.05) is 37.3 Å². The molecule has 3 aromatic carbocycles. The van der Waals surface area contributed by atoms with Crippen LogP contribution in [0.25, 0.3) is 21.9 Å². The van der Waals surface area contributed by atoms with Crippen LogP contribution in [0.1, 0.15) is 24.5 Å². The van der Waals surface area contributed by atoms with Crippen LogP contribution in [0.5, 0.6) is 17.2 Å². The van der Waals surface area contributed by atoms with Crippen LogP contribution < -0.4 is 20.5 Å². The van der Waals surface area contributed by atoms with Crippen LogP contribution in [0.4, 0.5) is 0 Å². The quantitative estimate of drug-likeness (QED) is 0.187. The molecule has 38 heavy (non-hydrogen) atoms. The Hall–Kier alpha value is -4.85. The average molecular weight is 513 g/mol. The highest BCUT2D eigenvalue weighted by Crippen LogP contribution is 2.27. The summed E-state index contributed by atoms with van der Waals surface area (Å²) in [6.45, 7) is 3.78. The number of hydrogen-bond donors (Lipinski definition) is 0. The second-order valence-electron chi connectivity index (χ2n) is 8.70. The van der Waals surface area contributed by atoms with E-state index in [1.165, 1.54) is 12.3 Å². The van der Waals surface area contributed by atoms with Gasteiger partial charge in [-0.2, -0.15) is 0 Å². The Morgan fingerprint density at radius 3 is 2.42 bits per heavy atom. The Labute approximate surface area is 217 Å². The normalized spacial score (nSPS) is 11.8. The first kappa shape index (κ1) is 24.8. The molecule has 0 aliphatic heterocycles. The van der Waals surface area contributed by atoms with Crippen molar-refractivity contribution in [1.29, 1.82) is 0 Å². The van der Waals surface area contributed by atoms with Gasteiger partial charge in [-0.3, -0.25) is 4.79 Å². The summed E-state index contributed by atoms with van der Waals surface area (Å²) in [5, 5.41) is 1.04. The molecule has 0 bridgehead atoms. The minimum atomic E-state index is -0.818. The molecule has 0 saturated carbocycles. The number of esters is 1. The van der Waals surface area contributed by atoms with E-state index >= 15 is 0 Å². The molecule has 0 aliphatic carbocycles. The topological polar surface area (TPSA) is 105 Å². The van der Waals surface area contributed by atoms with Crippen LogP contribution in [0.2, 0.25) is 0 Å². The van der Waals surface area contributed by atoms with Crippen molar-refractivity contribution in [3.05, 3.63) is 111 Å². The maximum absolute atomic E-state index is 13.0. The number of benzene rings is 3. The van der Waals surface area contributed by atoms with Crippen molar-refractivity contribution in [3.8, 4) is 17.2 Å². The zero-order valence-corrected chi connectivity index (χ0v) is 20.8. The van der Waals surface area contributed by atoms with Crippen molar-refractivity contribution in [2.75, 3.05) is 0 Å². The highest BCUT2D eigenvalue weighted by molar-refractivity contribution is 5.82. The summed E-state index contributed by atoms with van der Waals surface area (Å²) in [6, 6.07) is 20.5. The van der Waals surface area contributed by atoms with Gasteiger partial charge in [0.2, 0.25) is 11.2 Å². The van der Waals surface area contributed by atoms with Crippen molar-refractivity contribution >= 4 is 27.9 Å². The summed E-state index contributed by atoms with van der Waals surface area (Å²) in [7, 11) is 0. The van der Waals surface area contributed by atoms with Gasteiger partial charge in [0.1, 0.15) is 35.5 Å². The molecule has 5 aromatic rings. The fourth-order valence-electron chi connectivity index (χ4n) is 4.01. The lowest BCUT2D eigenvalue weighted by atomic mass is 10.1. The highest BCUT2D eigenvalue weighted by atomic mass is 16.6. The fraction of sp³-hybridized carbons (Fsp3) is 0.167. The van der Waals surface area contributed by atoms with Crippen molar-refractivity contribution in [1.82, 2.24) is 0 Å². The lowest BCUT2D eigenvalue weighted by Gasteiger charge is -2.17. The molecule has 8 heteroatoms. The number of fused-ring (bicyclic) bond motifs is 2. The molecule has 0 N–H and O–H groups in total. The molecule has 1 atom stereocenters. The first-order valence-electron chi connectivity index (χ1n) is 12.1. The molecule has 8 nitrogen and oxygen atoms in total. The van der Waals surface area contributed by atoms with Crippen molar-refractivity contribution in [2.45, 2.75) is 33.0 Å². The van der Waals surface area contributed by atoms with Crippen LogP contribution in [-0.2, 0) is 16.1 Å². The second-order valence-corrected chi connectivity index (χ2v) is 8.70. The summed E-state index contributed by atoms with van der Waals surface area (Å²) in [5.41, 5.74) is 1.42. The van der Waals surface area contributed by atoms with Gasteiger partial charge in [-0.25, -0.2) is 9.59 Å². The van der Waals surface area contributed by atoms with Crippen LogP contribution in [0, 0.1) is 6.92 Å². The maximum atomic E-state index is 13.0. The molecule has 192 valence electrons. The summed E-state index contributed by atoms with van der Waals surface area (Å²) >= 11 is 0. The van der Waals surface area contributed by atoms with Crippen molar-refractivity contribution in [2.24, 2.45) is 0 Å². The van der Waals surface area contributed by atoms with E-state index in [-0.39, 0.29) is 23.3 Å². The molecule has 0 saturated heterocycles. The summed E-state index contributed by atoms with van der Waals surface area (Å²) in [6.07, 6.45) is 0.784. The number of aryl methyl sites for hydroxylation is 1. The number of carbonyl (C=O) groups is 1. The van der Waals surface area contributed by atoms with Gasteiger partial charge in [0.25, 0.3) is 0 Å². The Balaban J connectivity index is 1.32. The number of hydrogen-bond acceptors (Lipinski definition) is 8. The molecule has 1 unspecified atom stereocenters. The largest absolute Gasteiger partial charge is 0.479 e. The molecule has 0 fully saturated rings. The van der Waals surface area contributed by atoms with Crippen LogP contribution >= 0.6 is 0 Å². The minimum absolute atomic E-state index is 0.0311. The molecular weight excluding hydrogens is 488 g/mol. The second kappa shape index (κ2) is 10.6.